The first-order valence-corrected chi connectivity index (χ1v) is 8.33. The van der Waals surface area contributed by atoms with Gasteiger partial charge in [-0.1, -0.05) is 38.1 Å². The standard InChI is InChI=1S/C18H30N2O/c1-5-15-8-7-9-16(12-15)18(19-6-2)17-13-20(14(3)4)10-11-21-17/h7-9,12,14,17-19H,5-6,10-11,13H2,1-4H3. The molecule has 1 heterocycles. The fourth-order valence-corrected chi connectivity index (χ4v) is 3.06. The third-order valence-electron chi connectivity index (χ3n) is 4.37. The summed E-state index contributed by atoms with van der Waals surface area (Å²) in [5.74, 6) is 0. The number of aryl methyl sites for hydroxylation is 1. The van der Waals surface area contributed by atoms with Crippen LogP contribution in [0, 0.1) is 0 Å². The average Bonchev–Trinajstić information content (AvgIpc) is 2.52. The van der Waals surface area contributed by atoms with Gasteiger partial charge in [-0.05, 0) is 37.9 Å². The zero-order valence-corrected chi connectivity index (χ0v) is 13.9. The number of ether oxygens (including phenoxy) is 1. The van der Waals surface area contributed by atoms with Crippen LogP contribution in [-0.2, 0) is 11.2 Å². The number of benzene rings is 1. The predicted octanol–water partition coefficient (Wildman–Crippen LogP) is 3.01. The summed E-state index contributed by atoms with van der Waals surface area (Å²) < 4.78 is 6.10. The molecule has 0 bridgehead atoms. The lowest BCUT2D eigenvalue weighted by molar-refractivity contribution is -0.0558. The lowest BCUT2D eigenvalue weighted by Crippen LogP contribution is -2.50. The van der Waals surface area contributed by atoms with Crippen LogP contribution in [0.2, 0.25) is 0 Å². The molecule has 0 amide bonds. The molecular weight excluding hydrogens is 260 g/mol. The fraction of sp³-hybridized carbons (Fsp3) is 0.667. The van der Waals surface area contributed by atoms with Gasteiger partial charge in [-0.2, -0.15) is 0 Å². The minimum Gasteiger partial charge on any atom is -0.374 e. The Hall–Kier alpha value is -0.900. The first-order chi connectivity index (χ1) is 10.2. The van der Waals surface area contributed by atoms with E-state index in [9.17, 15) is 0 Å². The summed E-state index contributed by atoms with van der Waals surface area (Å²) in [4.78, 5) is 2.52. The molecule has 118 valence electrons. The Kier molecular flexibility index (Phi) is 6.22. The number of nitrogens with one attached hydrogen (secondary N) is 1. The van der Waals surface area contributed by atoms with Crippen LogP contribution >= 0.6 is 0 Å². The molecule has 0 aliphatic carbocycles. The molecule has 2 rings (SSSR count). The molecule has 0 saturated carbocycles. The maximum absolute atomic E-state index is 6.10. The van der Waals surface area contributed by atoms with Crippen LogP contribution in [0.5, 0.6) is 0 Å². The summed E-state index contributed by atoms with van der Waals surface area (Å²) in [7, 11) is 0. The maximum Gasteiger partial charge on any atom is 0.0897 e. The highest BCUT2D eigenvalue weighted by atomic mass is 16.5. The van der Waals surface area contributed by atoms with E-state index >= 15 is 0 Å². The van der Waals surface area contributed by atoms with Crippen molar-refractivity contribution in [3.63, 3.8) is 0 Å². The molecule has 0 radical (unpaired) electrons. The Balaban J connectivity index is 2.17. The smallest absolute Gasteiger partial charge is 0.0897 e. The van der Waals surface area contributed by atoms with Gasteiger partial charge in [0, 0.05) is 19.1 Å². The van der Waals surface area contributed by atoms with E-state index in [0.717, 1.165) is 32.7 Å². The number of hydrogen-bond acceptors (Lipinski definition) is 3. The van der Waals surface area contributed by atoms with Crippen molar-refractivity contribution in [1.82, 2.24) is 10.2 Å². The van der Waals surface area contributed by atoms with Gasteiger partial charge in [0.15, 0.2) is 0 Å². The summed E-state index contributed by atoms with van der Waals surface area (Å²) in [6, 6.07) is 9.79. The van der Waals surface area contributed by atoms with Gasteiger partial charge in [-0.25, -0.2) is 0 Å². The molecule has 1 aromatic rings. The minimum atomic E-state index is 0.230. The van der Waals surface area contributed by atoms with E-state index in [2.05, 4.69) is 62.2 Å². The quantitative estimate of drug-likeness (QED) is 0.871. The van der Waals surface area contributed by atoms with Gasteiger partial charge in [0.2, 0.25) is 0 Å². The van der Waals surface area contributed by atoms with E-state index in [1.807, 2.05) is 0 Å². The Bertz CT molecular complexity index is 433. The predicted molar refractivity (Wildman–Crippen MR) is 88.7 cm³/mol. The van der Waals surface area contributed by atoms with Gasteiger partial charge >= 0.3 is 0 Å². The highest BCUT2D eigenvalue weighted by Gasteiger charge is 2.29. The fourth-order valence-electron chi connectivity index (χ4n) is 3.06. The Morgan fingerprint density at radius 1 is 1.33 bits per heavy atom. The van der Waals surface area contributed by atoms with Crippen molar-refractivity contribution in [2.45, 2.75) is 52.3 Å². The second kappa shape index (κ2) is 7.92. The summed E-state index contributed by atoms with van der Waals surface area (Å²) in [5.41, 5.74) is 2.75. The van der Waals surface area contributed by atoms with Crippen LogP contribution in [-0.4, -0.2) is 43.3 Å². The largest absolute Gasteiger partial charge is 0.374 e. The molecular formula is C18H30N2O. The highest BCUT2D eigenvalue weighted by Crippen LogP contribution is 2.24. The number of hydrogen-bond donors (Lipinski definition) is 1. The highest BCUT2D eigenvalue weighted by molar-refractivity contribution is 5.27. The molecule has 1 aliphatic heterocycles. The van der Waals surface area contributed by atoms with Gasteiger partial charge in [0.05, 0.1) is 18.8 Å². The van der Waals surface area contributed by atoms with Gasteiger partial charge in [-0.3, -0.25) is 4.90 Å². The van der Waals surface area contributed by atoms with E-state index < -0.39 is 0 Å². The number of nitrogens with zero attached hydrogens (tertiary/aromatic N) is 1. The molecule has 3 nitrogen and oxygen atoms in total. The molecule has 1 N–H and O–H groups in total. The van der Waals surface area contributed by atoms with Crippen molar-refractivity contribution in [2.24, 2.45) is 0 Å². The number of rotatable bonds is 6. The molecule has 2 unspecified atom stereocenters. The minimum absolute atomic E-state index is 0.230. The summed E-state index contributed by atoms with van der Waals surface area (Å²) in [6.07, 6.45) is 1.31. The summed E-state index contributed by atoms with van der Waals surface area (Å²) >= 11 is 0. The third kappa shape index (κ3) is 4.29. The van der Waals surface area contributed by atoms with Crippen LogP contribution in [0.25, 0.3) is 0 Å². The van der Waals surface area contributed by atoms with Gasteiger partial charge < -0.3 is 10.1 Å². The molecule has 1 aliphatic rings. The Morgan fingerprint density at radius 3 is 2.81 bits per heavy atom. The van der Waals surface area contributed by atoms with Crippen molar-refractivity contribution in [1.29, 1.82) is 0 Å². The normalized spacial score (nSPS) is 21.7. The van der Waals surface area contributed by atoms with E-state index in [-0.39, 0.29) is 12.1 Å². The van der Waals surface area contributed by atoms with Crippen LogP contribution in [0.15, 0.2) is 24.3 Å². The van der Waals surface area contributed by atoms with Gasteiger partial charge in [0.25, 0.3) is 0 Å². The number of morpholine rings is 1. The molecule has 1 fully saturated rings. The van der Waals surface area contributed by atoms with Crippen molar-refractivity contribution in [3.8, 4) is 0 Å². The summed E-state index contributed by atoms with van der Waals surface area (Å²) in [5, 5.41) is 3.63. The molecule has 2 atom stereocenters. The lowest BCUT2D eigenvalue weighted by Gasteiger charge is -2.39. The van der Waals surface area contributed by atoms with Crippen LogP contribution in [0.3, 0.4) is 0 Å². The van der Waals surface area contributed by atoms with E-state index in [0.29, 0.717) is 6.04 Å². The number of likely N-dealkylation sites (N-methyl/N-ethyl adjacent to an activating group) is 1. The van der Waals surface area contributed by atoms with Crippen molar-refractivity contribution < 1.29 is 4.74 Å². The van der Waals surface area contributed by atoms with Crippen molar-refractivity contribution >= 4 is 0 Å². The monoisotopic (exact) mass is 290 g/mol. The molecule has 0 spiro atoms. The van der Waals surface area contributed by atoms with E-state index in [4.69, 9.17) is 4.74 Å². The van der Waals surface area contributed by atoms with E-state index in [1.165, 1.54) is 11.1 Å². The first-order valence-electron chi connectivity index (χ1n) is 8.33. The third-order valence-corrected chi connectivity index (χ3v) is 4.37. The average molecular weight is 290 g/mol. The summed E-state index contributed by atoms with van der Waals surface area (Å²) in [6.45, 7) is 12.7. The Labute approximate surface area is 129 Å². The van der Waals surface area contributed by atoms with Crippen LogP contribution in [0.1, 0.15) is 44.9 Å². The van der Waals surface area contributed by atoms with Crippen LogP contribution in [0.4, 0.5) is 0 Å². The zero-order chi connectivity index (χ0) is 15.2. The molecule has 0 aromatic heterocycles. The van der Waals surface area contributed by atoms with Crippen molar-refractivity contribution in [2.75, 3.05) is 26.2 Å². The molecule has 1 aromatic carbocycles. The molecule has 21 heavy (non-hydrogen) atoms. The topological polar surface area (TPSA) is 24.5 Å². The second-order valence-electron chi connectivity index (χ2n) is 6.13. The van der Waals surface area contributed by atoms with Crippen LogP contribution < -0.4 is 5.32 Å². The van der Waals surface area contributed by atoms with E-state index in [1.54, 1.807) is 0 Å². The maximum atomic E-state index is 6.10. The SMILES string of the molecule is CCNC(c1cccc(CC)c1)C1CN(C(C)C)CCO1. The zero-order valence-electron chi connectivity index (χ0n) is 13.9. The second-order valence-corrected chi connectivity index (χ2v) is 6.13. The Morgan fingerprint density at radius 2 is 2.14 bits per heavy atom. The lowest BCUT2D eigenvalue weighted by atomic mass is 9.97. The first kappa shape index (κ1) is 16.5. The molecule has 3 heteroatoms. The van der Waals surface area contributed by atoms with Gasteiger partial charge in [0.1, 0.15) is 0 Å². The van der Waals surface area contributed by atoms with Gasteiger partial charge in [-0.15, -0.1) is 0 Å². The van der Waals surface area contributed by atoms with Crippen molar-refractivity contribution in [3.05, 3.63) is 35.4 Å². The molecule has 1 saturated heterocycles.